The van der Waals surface area contributed by atoms with Crippen LogP contribution in [0, 0.1) is 0 Å². The number of ether oxygens (including phenoxy) is 4. The van der Waals surface area contributed by atoms with E-state index in [9.17, 15) is 19.2 Å². The summed E-state index contributed by atoms with van der Waals surface area (Å²) in [5.74, 6) is -0.907. The molecule has 0 radical (unpaired) electrons. The van der Waals surface area contributed by atoms with Gasteiger partial charge in [-0.05, 0) is 90.6 Å². The van der Waals surface area contributed by atoms with Gasteiger partial charge in [0.05, 0.1) is 25.8 Å². The summed E-state index contributed by atoms with van der Waals surface area (Å²) in [4.78, 5) is 45.4. The summed E-state index contributed by atoms with van der Waals surface area (Å²) in [6, 6.07) is 5.40. The second-order valence-corrected chi connectivity index (χ2v) is 10.8. The summed E-state index contributed by atoms with van der Waals surface area (Å²) in [7, 11) is 2.70. The Balaban J connectivity index is 0.000000347. The highest BCUT2D eigenvalue weighted by atomic mass is 16.6. The van der Waals surface area contributed by atoms with Gasteiger partial charge in [-0.1, -0.05) is 13.2 Å². The fourth-order valence-corrected chi connectivity index (χ4v) is 3.68. The largest absolute Gasteiger partial charge is 0.469 e. The van der Waals surface area contributed by atoms with Crippen LogP contribution in [0.25, 0.3) is 6.08 Å². The van der Waals surface area contributed by atoms with Gasteiger partial charge in [0.1, 0.15) is 11.2 Å². The van der Waals surface area contributed by atoms with Gasteiger partial charge in [-0.25, -0.2) is 14.4 Å². The molecule has 0 N–H and O–H groups in total. The molecule has 0 bridgehead atoms. The number of methoxy groups -OCH3 is 2. The highest BCUT2D eigenvalue weighted by Crippen LogP contribution is 2.33. The van der Waals surface area contributed by atoms with Crippen molar-refractivity contribution < 1.29 is 38.1 Å². The molecule has 1 unspecified atom stereocenters. The van der Waals surface area contributed by atoms with Crippen molar-refractivity contribution in [2.45, 2.75) is 77.9 Å². The molecular weight excluding hydrogens is 516 g/mol. The van der Waals surface area contributed by atoms with Crippen LogP contribution in [0.4, 0.5) is 9.59 Å². The van der Waals surface area contributed by atoms with Crippen LogP contribution < -0.4 is 0 Å². The standard InChI is InChI=1S/C15H21NO4.C11H15NO2.C4H6O2/c1-15(2,3)20-14(18)16-9-8-10-11(13(17)19-4)6-5-7-12(10)16;1-5-9-7-6-8-12(9)10(13)14-11(2,3)4;1-3-4(5)6-2/h8-9,11H,5-7H2,1-4H3;5-8H,1H2,2-4H3;3H,1H2,2H3. The number of nitrogens with zero attached hydrogens (tertiary/aromatic N) is 2. The zero-order valence-electron chi connectivity index (χ0n) is 24.8. The topological polar surface area (TPSA) is 115 Å². The molecule has 220 valence electrons. The molecule has 10 heteroatoms. The molecule has 2 aromatic rings. The van der Waals surface area contributed by atoms with Crippen molar-refractivity contribution in [2.24, 2.45) is 0 Å². The van der Waals surface area contributed by atoms with Crippen molar-refractivity contribution in [3.8, 4) is 0 Å². The number of hydrogen-bond acceptors (Lipinski definition) is 8. The molecule has 0 saturated carbocycles. The Morgan fingerprint density at radius 1 is 0.875 bits per heavy atom. The summed E-state index contributed by atoms with van der Waals surface area (Å²) in [6.07, 6.45) is 7.68. The van der Waals surface area contributed by atoms with Crippen LogP contribution in [0.3, 0.4) is 0 Å². The van der Waals surface area contributed by atoms with Crippen molar-refractivity contribution in [3.05, 3.63) is 66.8 Å². The third-order valence-corrected chi connectivity index (χ3v) is 5.33. The van der Waals surface area contributed by atoms with Gasteiger partial charge in [0, 0.05) is 24.2 Å². The van der Waals surface area contributed by atoms with E-state index in [0.717, 1.165) is 42.3 Å². The molecule has 2 aromatic heterocycles. The van der Waals surface area contributed by atoms with Crippen LogP contribution in [-0.4, -0.2) is 58.7 Å². The molecule has 10 nitrogen and oxygen atoms in total. The first-order chi connectivity index (χ1) is 18.6. The van der Waals surface area contributed by atoms with Gasteiger partial charge in [-0.15, -0.1) is 0 Å². The lowest BCUT2D eigenvalue weighted by Gasteiger charge is -2.24. The molecule has 0 fully saturated rings. The molecule has 1 aliphatic rings. The Morgan fingerprint density at radius 2 is 1.45 bits per heavy atom. The van der Waals surface area contributed by atoms with Crippen LogP contribution in [0.15, 0.2) is 49.8 Å². The highest BCUT2D eigenvalue weighted by molar-refractivity contribution is 5.81. The van der Waals surface area contributed by atoms with Crippen LogP contribution in [0.5, 0.6) is 0 Å². The lowest BCUT2D eigenvalue weighted by molar-refractivity contribution is -0.142. The van der Waals surface area contributed by atoms with Crippen LogP contribution >= 0.6 is 0 Å². The molecule has 1 atom stereocenters. The second-order valence-electron chi connectivity index (χ2n) is 10.8. The van der Waals surface area contributed by atoms with Gasteiger partial charge in [-0.2, -0.15) is 0 Å². The lowest BCUT2D eigenvalue weighted by atomic mass is 9.87. The minimum atomic E-state index is -0.537. The zero-order valence-corrected chi connectivity index (χ0v) is 24.8. The third kappa shape index (κ3) is 10.6. The summed E-state index contributed by atoms with van der Waals surface area (Å²) >= 11 is 0. The van der Waals surface area contributed by atoms with Crippen LogP contribution in [-0.2, 0) is 35.0 Å². The molecule has 1 aliphatic carbocycles. The number of esters is 2. The Bertz CT molecular complexity index is 1190. The average Bonchev–Trinajstić information content (AvgIpc) is 3.53. The zero-order chi connectivity index (χ0) is 30.7. The second kappa shape index (κ2) is 14.9. The van der Waals surface area contributed by atoms with Crippen LogP contribution in [0.2, 0.25) is 0 Å². The fourth-order valence-electron chi connectivity index (χ4n) is 3.68. The molecule has 0 aromatic carbocycles. The Hall–Kier alpha value is -4.08. The Kier molecular flexibility index (Phi) is 12.6. The van der Waals surface area contributed by atoms with Gasteiger partial charge in [-0.3, -0.25) is 13.9 Å². The molecule has 3 rings (SSSR count). The highest BCUT2D eigenvalue weighted by Gasteiger charge is 2.31. The van der Waals surface area contributed by atoms with E-state index in [2.05, 4.69) is 17.9 Å². The number of rotatable bonds is 3. The van der Waals surface area contributed by atoms with E-state index in [4.69, 9.17) is 14.2 Å². The van der Waals surface area contributed by atoms with E-state index < -0.39 is 23.3 Å². The van der Waals surface area contributed by atoms with Crippen molar-refractivity contribution in [3.63, 3.8) is 0 Å². The summed E-state index contributed by atoms with van der Waals surface area (Å²) < 4.78 is 22.5. The summed E-state index contributed by atoms with van der Waals surface area (Å²) in [5.41, 5.74) is 1.47. The molecular formula is C30H42N2O8. The van der Waals surface area contributed by atoms with E-state index >= 15 is 0 Å². The van der Waals surface area contributed by atoms with E-state index in [1.54, 1.807) is 30.6 Å². The van der Waals surface area contributed by atoms with Gasteiger partial charge < -0.3 is 18.9 Å². The van der Waals surface area contributed by atoms with Crippen molar-refractivity contribution >= 4 is 30.2 Å². The average molecular weight is 559 g/mol. The van der Waals surface area contributed by atoms with E-state index in [1.165, 1.54) is 23.4 Å². The van der Waals surface area contributed by atoms with Gasteiger partial charge >= 0.3 is 24.1 Å². The molecule has 0 spiro atoms. The summed E-state index contributed by atoms with van der Waals surface area (Å²) in [5, 5.41) is 0. The van der Waals surface area contributed by atoms with Gasteiger partial charge in [0.15, 0.2) is 0 Å². The van der Waals surface area contributed by atoms with Crippen molar-refractivity contribution in [1.82, 2.24) is 9.13 Å². The Morgan fingerprint density at radius 3 is 1.90 bits per heavy atom. The van der Waals surface area contributed by atoms with Crippen molar-refractivity contribution in [2.75, 3.05) is 14.2 Å². The maximum atomic E-state index is 12.2. The first kappa shape index (κ1) is 33.9. The number of aromatic nitrogens is 2. The van der Waals surface area contributed by atoms with Gasteiger partial charge in [0.2, 0.25) is 0 Å². The number of carbonyl (C=O) groups is 4. The molecule has 2 heterocycles. The molecule has 0 saturated heterocycles. The molecule has 40 heavy (non-hydrogen) atoms. The predicted molar refractivity (Wildman–Crippen MR) is 152 cm³/mol. The number of carbonyl (C=O) groups excluding carboxylic acids is 4. The first-order valence-electron chi connectivity index (χ1n) is 12.8. The third-order valence-electron chi connectivity index (χ3n) is 5.33. The lowest BCUT2D eigenvalue weighted by Crippen LogP contribution is -2.29. The summed E-state index contributed by atoms with van der Waals surface area (Å²) in [6.45, 7) is 17.8. The number of hydrogen-bond donors (Lipinski definition) is 0. The quantitative estimate of drug-likeness (QED) is 0.251. The van der Waals surface area contributed by atoms with E-state index in [1.807, 2.05) is 47.6 Å². The smallest absolute Gasteiger partial charge is 0.418 e. The minimum absolute atomic E-state index is 0.243. The Labute approximate surface area is 236 Å². The maximum absolute atomic E-state index is 12.2. The van der Waals surface area contributed by atoms with E-state index in [0.29, 0.717) is 0 Å². The van der Waals surface area contributed by atoms with E-state index in [-0.39, 0.29) is 18.0 Å². The SMILES string of the molecule is C=CC(=O)OC.C=Cc1cccn1C(=O)OC(C)(C)C.COC(=O)C1CCCc2c1ccn2C(=O)OC(C)(C)C. The fraction of sp³-hybridized carbons (Fsp3) is 0.467. The minimum Gasteiger partial charge on any atom is -0.469 e. The number of fused-ring (bicyclic) bond motifs is 1. The molecule has 0 aliphatic heterocycles. The normalized spacial score (nSPS) is 14.1. The maximum Gasteiger partial charge on any atom is 0.418 e. The monoisotopic (exact) mass is 558 g/mol. The predicted octanol–water partition coefficient (Wildman–Crippen LogP) is 6.12. The first-order valence-corrected chi connectivity index (χ1v) is 12.8. The van der Waals surface area contributed by atoms with Gasteiger partial charge in [0.25, 0.3) is 0 Å². The van der Waals surface area contributed by atoms with Crippen LogP contribution in [0.1, 0.15) is 77.3 Å². The molecule has 0 amide bonds. The van der Waals surface area contributed by atoms with Crippen molar-refractivity contribution in [1.29, 1.82) is 0 Å².